The van der Waals surface area contributed by atoms with Gasteiger partial charge in [-0.05, 0) is 5.56 Å². The molecule has 0 aliphatic rings. The van der Waals surface area contributed by atoms with E-state index in [0.717, 1.165) is 5.56 Å². The average Bonchev–Trinajstić information content (AvgIpc) is 2.28. The molecule has 16 heavy (non-hydrogen) atoms. The Hall–Kier alpha value is -1.84. The second-order valence-electron chi connectivity index (χ2n) is 3.56. The Morgan fingerprint density at radius 2 is 1.88 bits per heavy atom. The van der Waals surface area contributed by atoms with Crippen LogP contribution >= 0.6 is 0 Å². The van der Waals surface area contributed by atoms with Crippen molar-refractivity contribution < 1.29 is 9.59 Å². The molecule has 0 saturated carbocycles. The van der Waals surface area contributed by atoms with Gasteiger partial charge >= 0.3 is 0 Å². The number of amides is 2. The minimum atomic E-state index is -0.509. The first-order chi connectivity index (χ1) is 7.63. The molecule has 4 heteroatoms. The minimum absolute atomic E-state index is 0.181. The molecule has 1 atom stereocenters. The van der Waals surface area contributed by atoms with Gasteiger partial charge in [0.25, 0.3) is 0 Å². The minimum Gasteiger partial charge on any atom is -0.357 e. The molecule has 0 aliphatic carbocycles. The van der Waals surface area contributed by atoms with Crippen LogP contribution in [0.3, 0.4) is 0 Å². The van der Waals surface area contributed by atoms with E-state index in [1.54, 1.807) is 7.05 Å². The molecule has 0 aliphatic heterocycles. The van der Waals surface area contributed by atoms with Gasteiger partial charge in [-0.2, -0.15) is 0 Å². The van der Waals surface area contributed by atoms with Gasteiger partial charge in [0.15, 0.2) is 0 Å². The van der Waals surface area contributed by atoms with Crippen LogP contribution in [0.15, 0.2) is 30.3 Å². The third kappa shape index (κ3) is 3.73. The molecule has 0 saturated heterocycles. The van der Waals surface area contributed by atoms with Crippen LogP contribution in [0.1, 0.15) is 12.5 Å². The van der Waals surface area contributed by atoms with Gasteiger partial charge in [0, 0.05) is 20.4 Å². The molecule has 1 aromatic carbocycles. The second-order valence-corrected chi connectivity index (χ2v) is 3.56. The van der Waals surface area contributed by atoms with E-state index in [-0.39, 0.29) is 11.8 Å². The molecule has 86 valence electrons. The molecule has 1 aromatic rings. The molecule has 0 radical (unpaired) electrons. The summed E-state index contributed by atoms with van der Waals surface area (Å²) in [7, 11) is 1.56. The number of hydrogen-bond donors (Lipinski definition) is 2. The van der Waals surface area contributed by atoms with Gasteiger partial charge in [0.1, 0.15) is 6.04 Å². The summed E-state index contributed by atoms with van der Waals surface area (Å²) in [5.41, 5.74) is 1.02. The van der Waals surface area contributed by atoms with Gasteiger partial charge in [-0.1, -0.05) is 30.3 Å². The molecular weight excluding hydrogens is 204 g/mol. The normalized spacial score (nSPS) is 11.6. The van der Waals surface area contributed by atoms with E-state index in [2.05, 4.69) is 10.6 Å². The van der Waals surface area contributed by atoms with E-state index in [0.29, 0.717) is 6.42 Å². The fourth-order valence-corrected chi connectivity index (χ4v) is 1.48. The van der Waals surface area contributed by atoms with Crippen LogP contribution in [0.2, 0.25) is 0 Å². The highest BCUT2D eigenvalue weighted by molar-refractivity contribution is 5.86. The number of carbonyl (C=O) groups is 2. The van der Waals surface area contributed by atoms with E-state index >= 15 is 0 Å². The van der Waals surface area contributed by atoms with Crippen molar-refractivity contribution in [3.63, 3.8) is 0 Å². The van der Waals surface area contributed by atoms with Crippen LogP contribution in [0.25, 0.3) is 0 Å². The Balaban J connectivity index is 2.70. The number of benzene rings is 1. The second kappa shape index (κ2) is 5.90. The van der Waals surface area contributed by atoms with E-state index in [1.807, 2.05) is 30.3 Å². The SMILES string of the molecule is CNC(=O)[C@@H](Cc1ccccc1)NC(C)=O. The molecule has 0 bridgehead atoms. The third-order valence-electron chi connectivity index (χ3n) is 2.22. The van der Waals surface area contributed by atoms with Crippen molar-refractivity contribution in [2.75, 3.05) is 7.05 Å². The van der Waals surface area contributed by atoms with Gasteiger partial charge in [0.2, 0.25) is 11.8 Å². The lowest BCUT2D eigenvalue weighted by Crippen LogP contribution is -2.46. The first kappa shape index (κ1) is 12.2. The Labute approximate surface area is 95.0 Å². The Morgan fingerprint density at radius 3 is 2.38 bits per heavy atom. The molecule has 0 fully saturated rings. The van der Waals surface area contributed by atoms with Crippen molar-refractivity contribution in [1.82, 2.24) is 10.6 Å². The van der Waals surface area contributed by atoms with E-state index in [9.17, 15) is 9.59 Å². The van der Waals surface area contributed by atoms with Crippen molar-refractivity contribution in [3.05, 3.63) is 35.9 Å². The quantitative estimate of drug-likeness (QED) is 0.775. The topological polar surface area (TPSA) is 58.2 Å². The maximum atomic E-state index is 11.5. The molecule has 0 unspecified atom stereocenters. The number of carbonyl (C=O) groups excluding carboxylic acids is 2. The largest absolute Gasteiger partial charge is 0.357 e. The third-order valence-corrected chi connectivity index (χ3v) is 2.22. The van der Waals surface area contributed by atoms with Crippen LogP contribution in [0.4, 0.5) is 0 Å². The maximum absolute atomic E-state index is 11.5. The number of hydrogen-bond acceptors (Lipinski definition) is 2. The average molecular weight is 220 g/mol. The summed E-state index contributed by atoms with van der Waals surface area (Å²) in [5, 5.41) is 5.17. The van der Waals surface area contributed by atoms with Crippen LogP contribution in [-0.2, 0) is 16.0 Å². The molecule has 1 rings (SSSR count). The fraction of sp³-hybridized carbons (Fsp3) is 0.333. The molecule has 4 nitrogen and oxygen atoms in total. The van der Waals surface area contributed by atoms with Gasteiger partial charge in [0.05, 0.1) is 0 Å². The summed E-state index contributed by atoms with van der Waals surface area (Å²) in [4.78, 5) is 22.5. The first-order valence-corrected chi connectivity index (χ1v) is 5.16. The van der Waals surface area contributed by atoms with Crippen molar-refractivity contribution in [1.29, 1.82) is 0 Å². The maximum Gasteiger partial charge on any atom is 0.242 e. The lowest BCUT2D eigenvalue weighted by molar-refractivity contribution is -0.127. The summed E-state index contributed by atoms with van der Waals surface area (Å²) in [5.74, 6) is -0.386. The van der Waals surface area contributed by atoms with E-state index in [1.165, 1.54) is 6.92 Å². The Morgan fingerprint density at radius 1 is 1.25 bits per heavy atom. The number of rotatable bonds is 4. The predicted octanol–water partition coefficient (Wildman–Crippen LogP) is 0.480. The highest BCUT2D eigenvalue weighted by atomic mass is 16.2. The van der Waals surface area contributed by atoms with Gasteiger partial charge in [-0.25, -0.2) is 0 Å². The summed E-state index contributed by atoms with van der Waals surface area (Å²) in [6.45, 7) is 1.40. The fourth-order valence-electron chi connectivity index (χ4n) is 1.48. The van der Waals surface area contributed by atoms with Crippen molar-refractivity contribution in [2.45, 2.75) is 19.4 Å². The summed E-state index contributed by atoms with van der Waals surface area (Å²) in [6, 6.07) is 9.07. The Kier molecular flexibility index (Phi) is 4.51. The lowest BCUT2D eigenvalue weighted by Gasteiger charge is -2.16. The summed E-state index contributed by atoms with van der Waals surface area (Å²) < 4.78 is 0. The van der Waals surface area contributed by atoms with Gasteiger partial charge < -0.3 is 10.6 Å². The van der Waals surface area contributed by atoms with Gasteiger partial charge in [-0.3, -0.25) is 9.59 Å². The molecule has 2 N–H and O–H groups in total. The molecule has 0 aromatic heterocycles. The van der Waals surface area contributed by atoms with E-state index < -0.39 is 6.04 Å². The summed E-state index contributed by atoms with van der Waals surface area (Å²) >= 11 is 0. The number of likely N-dealkylation sites (N-methyl/N-ethyl adjacent to an activating group) is 1. The van der Waals surface area contributed by atoms with Crippen LogP contribution < -0.4 is 10.6 Å². The Bertz CT molecular complexity index is 363. The highest BCUT2D eigenvalue weighted by Crippen LogP contribution is 2.03. The van der Waals surface area contributed by atoms with E-state index in [4.69, 9.17) is 0 Å². The first-order valence-electron chi connectivity index (χ1n) is 5.16. The molecular formula is C12H16N2O2. The monoisotopic (exact) mass is 220 g/mol. The zero-order valence-electron chi connectivity index (χ0n) is 9.49. The zero-order chi connectivity index (χ0) is 12.0. The standard InChI is InChI=1S/C12H16N2O2/c1-9(15)14-11(12(16)13-2)8-10-6-4-3-5-7-10/h3-7,11H,8H2,1-2H3,(H,13,16)(H,14,15)/t11-/m1/s1. The number of nitrogens with one attached hydrogen (secondary N) is 2. The van der Waals surface area contributed by atoms with Crippen molar-refractivity contribution in [3.8, 4) is 0 Å². The van der Waals surface area contributed by atoms with Crippen LogP contribution in [0.5, 0.6) is 0 Å². The summed E-state index contributed by atoms with van der Waals surface area (Å²) in [6.07, 6.45) is 0.500. The highest BCUT2D eigenvalue weighted by Gasteiger charge is 2.18. The zero-order valence-corrected chi connectivity index (χ0v) is 9.49. The molecule has 2 amide bonds. The van der Waals surface area contributed by atoms with Crippen molar-refractivity contribution >= 4 is 11.8 Å². The predicted molar refractivity (Wildman–Crippen MR) is 61.8 cm³/mol. The van der Waals surface area contributed by atoms with Crippen LogP contribution in [0, 0.1) is 0 Å². The van der Waals surface area contributed by atoms with Crippen molar-refractivity contribution in [2.24, 2.45) is 0 Å². The molecule has 0 spiro atoms. The smallest absolute Gasteiger partial charge is 0.242 e. The molecule has 0 heterocycles. The lowest BCUT2D eigenvalue weighted by atomic mass is 10.1. The van der Waals surface area contributed by atoms with Gasteiger partial charge in [-0.15, -0.1) is 0 Å². The van der Waals surface area contributed by atoms with Crippen LogP contribution in [-0.4, -0.2) is 24.9 Å².